The molecule has 0 aliphatic rings. The van der Waals surface area contributed by atoms with Crippen LogP contribution in [0.3, 0.4) is 0 Å². The minimum absolute atomic E-state index is 0.00121. The van der Waals surface area contributed by atoms with E-state index in [1.807, 2.05) is 13.8 Å². The molecule has 180 valence electrons. The molecular weight excluding hydrogens is 428 g/mol. The molecule has 2 aromatic carbocycles. The van der Waals surface area contributed by atoms with Crippen LogP contribution in [0.4, 0.5) is 0 Å². The van der Waals surface area contributed by atoms with Crippen molar-refractivity contribution in [3.05, 3.63) is 59.7 Å². The third-order valence-corrected chi connectivity index (χ3v) is 4.52. The lowest BCUT2D eigenvalue weighted by Gasteiger charge is -2.24. The predicted molar refractivity (Wildman–Crippen MR) is 122 cm³/mol. The Balaban J connectivity index is 1.91. The first-order valence-electron chi connectivity index (χ1n) is 10.9. The Hall–Kier alpha value is -3.10. The molecule has 2 rings (SSSR count). The molecule has 8 heteroatoms. The van der Waals surface area contributed by atoms with E-state index < -0.39 is 17.4 Å². The van der Waals surface area contributed by atoms with Gasteiger partial charge in [0, 0.05) is 31.5 Å². The number of para-hydroxylation sites is 2. The summed E-state index contributed by atoms with van der Waals surface area (Å²) in [6.07, 6.45) is 0.911. The van der Waals surface area contributed by atoms with Gasteiger partial charge in [-0.25, -0.2) is 9.59 Å². The lowest BCUT2D eigenvalue weighted by Crippen LogP contribution is -2.29. The van der Waals surface area contributed by atoms with Crippen molar-refractivity contribution >= 4 is 11.9 Å². The maximum absolute atomic E-state index is 12.6. The van der Waals surface area contributed by atoms with Crippen LogP contribution >= 0.6 is 0 Å². The van der Waals surface area contributed by atoms with Gasteiger partial charge in [0.2, 0.25) is 0 Å². The van der Waals surface area contributed by atoms with Crippen LogP contribution in [-0.4, -0.2) is 61.8 Å². The van der Waals surface area contributed by atoms with Crippen LogP contribution in [0.5, 0.6) is 11.5 Å². The van der Waals surface area contributed by atoms with Gasteiger partial charge in [-0.15, -0.1) is 0 Å². The van der Waals surface area contributed by atoms with E-state index in [0.29, 0.717) is 24.3 Å². The Morgan fingerprint density at radius 2 is 1.12 bits per heavy atom. The average molecular weight is 461 g/mol. The molecule has 0 aliphatic carbocycles. The second-order valence-electron chi connectivity index (χ2n) is 8.16. The van der Waals surface area contributed by atoms with Crippen LogP contribution in [0, 0.1) is 5.41 Å². The summed E-state index contributed by atoms with van der Waals surface area (Å²) in [6, 6.07) is 13.5. The van der Waals surface area contributed by atoms with Crippen molar-refractivity contribution in [1.82, 2.24) is 0 Å². The summed E-state index contributed by atoms with van der Waals surface area (Å²) in [4.78, 5) is 25.2. The van der Waals surface area contributed by atoms with E-state index in [9.17, 15) is 9.59 Å². The number of hydrogen-bond acceptors (Lipinski definition) is 8. The minimum Gasteiger partial charge on any atom is -0.493 e. The van der Waals surface area contributed by atoms with Crippen LogP contribution in [0.25, 0.3) is 0 Å². The maximum atomic E-state index is 12.6. The molecule has 0 amide bonds. The van der Waals surface area contributed by atoms with Crippen LogP contribution in [-0.2, 0) is 9.47 Å². The van der Waals surface area contributed by atoms with Gasteiger partial charge < -0.3 is 29.2 Å². The molecule has 0 heterocycles. The highest BCUT2D eigenvalue weighted by molar-refractivity contribution is 5.93. The van der Waals surface area contributed by atoms with E-state index in [2.05, 4.69) is 0 Å². The van der Waals surface area contributed by atoms with Crippen molar-refractivity contribution in [1.29, 1.82) is 0 Å². The number of ether oxygens (including phenoxy) is 4. The third kappa shape index (κ3) is 8.75. The molecule has 0 saturated carbocycles. The molecule has 2 N–H and O–H groups in total. The van der Waals surface area contributed by atoms with Gasteiger partial charge in [0.25, 0.3) is 0 Å². The van der Waals surface area contributed by atoms with Gasteiger partial charge in [-0.1, -0.05) is 38.1 Å². The minimum atomic E-state index is -0.634. The number of carbonyl (C=O) groups is 2. The molecule has 0 radical (unpaired) electrons. The van der Waals surface area contributed by atoms with Crippen molar-refractivity contribution in [3.8, 4) is 11.5 Å². The van der Waals surface area contributed by atoms with Crippen molar-refractivity contribution in [2.75, 3.05) is 39.6 Å². The highest BCUT2D eigenvalue weighted by Gasteiger charge is 2.25. The fraction of sp³-hybridized carbons (Fsp3) is 0.440. The van der Waals surface area contributed by atoms with E-state index >= 15 is 0 Å². The van der Waals surface area contributed by atoms with Gasteiger partial charge in [-0.3, -0.25) is 0 Å². The highest BCUT2D eigenvalue weighted by Crippen LogP contribution is 2.24. The number of aliphatic hydroxyl groups excluding tert-OH is 2. The van der Waals surface area contributed by atoms with Crippen LogP contribution < -0.4 is 9.47 Å². The molecule has 33 heavy (non-hydrogen) atoms. The lowest BCUT2D eigenvalue weighted by molar-refractivity contribution is 0.00582. The van der Waals surface area contributed by atoms with Crippen molar-refractivity contribution in [2.24, 2.45) is 5.41 Å². The van der Waals surface area contributed by atoms with Crippen LogP contribution in [0.1, 0.15) is 47.4 Å². The monoisotopic (exact) mass is 460 g/mol. The Labute approximate surface area is 194 Å². The van der Waals surface area contributed by atoms with Crippen LogP contribution in [0.2, 0.25) is 0 Å². The van der Waals surface area contributed by atoms with E-state index in [0.717, 1.165) is 0 Å². The Kier molecular flexibility index (Phi) is 10.7. The standard InChI is InChI=1S/C25H32O8/c1-25(2,17-32-23(28)19-9-3-5-11-21(19)30-15-7-13-26)18-33-24(29)20-10-4-6-12-22(20)31-16-8-14-27/h3-6,9-12,26-27H,7-8,13-18H2,1-2H3. The normalized spacial score (nSPS) is 11.0. The summed E-state index contributed by atoms with van der Waals surface area (Å²) in [5.41, 5.74) is -0.0561. The number of rotatable bonds is 14. The number of aliphatic hydroxyl groups is 2. The summed E-state index contributed by atoms with van der Waals surface area (Å²) >= 11 is 0. The average Bonchev–Trinajstić information content (AvgIpc) is 2.82. The Bertz CT molecular complexity index is 822. The first-order chi connectivity index (χ1) is 15.9. The zero-order chi connectivity index (χ0) is 24.1. The predicted octanol–water partition coefficient (Wildman–Crippen LogP) is 3.25. The van der Waals surface area contributed by atoms with Crippen molar-refractivity contribution in [3.63, 3.8) is 0 Å². The quantitative estimate of drug-likeness (QED) is 0.326. The number of hydrogen-bond donors (Lipinski definition) is 2. The van der Waals surface area contributed by atoms with Gasteiger partial charge in [0.05, 0.1) is 26.4 Å². The van der Waals surface area contributed by atoms with Gasteiger partial charge in [0.15, 0.2) is 0 Å². The summed E-state index contributed by atoms with van der Waals surface area (Å²) < 4.78 is 22.0. The summed E-state index contributed by atoms with van der Waals surface area (Å²) in [7, 11) is 0. The maximum Gasteiger partial charge on any atom is 0.341 e. The molecule has 0 atom stereocenters. The summed E-state index contributed by atoms with van der Waals surface area (Å²) in [5.74, 6) is -0.316. The van der Waals surface area contributed by atoms with Gasteiger partial charge in [0.1, 0.15) is 22.6 Å². The van der Waals surface area contributed by atoms with E-state index in [4.69, 9.17) is 29.2 Å². The molecule has 0 bridgehead atoms. The van der Waals surface area contributed by atoms with E-state index in [1.165, 1.54) is 0 Å². The molecule has 2 aromatic rings. The lowest BCUT2D eigenvalue weighted by atomic mass is 9.96. The highest BCUT2D eigenvalue weighted by atomic mass is 16.6. The second kappa shape index (κ2) is 13.4. The molecule has 8 nitrogen and oxygen atoms in total. The smallest absolute Gasteiger partial charge is 0.341 e. The van der Waals surface area contributed by atoms with Gasteiger partial charge in [-0.2, -0.15) is 0 Å². The Morgan fingerprint density at radius 1 is 0.727 bits per heavy atom. The molecule has 0 fully saturated rings. The topological polar surface area (TPSA) is 112 Å². The first kappa shape index (κ1) is 26.2. The summed E-state index contributed by atoms with van der Waals surface area (Å²) in [5, 5.41) is 17.8. The van der Waals surface area contributed by atoms with Gasteiger partial charge >= 0.3 is 11.9 Å². The number of benzene rings is 2. The number of carbonyl (C=O) groups excluding carboxylic acids is 2. The fourth-order valence-electron chi connectivity index (χ4n) is 2.73. The molecule has 0 spiro atoms. The van der Waals surface area contributed by atoms with Gasteiger partial charge in [-0.05, 0) is 24.3 Å². The molecular formula is C25H32O8. The SMILES string of the molecule is CC(C)(COC(=O)c1ccccc1OCCCO)COC(=O)c1ccccc1OCCCO. The first-order valence-corrected chi connectivity index (χ1v) is 10.9. The molecule has 0 aromatic heterocycles. The largest absolute Gasteiger partial charge is 0.493 e. The van der Waals surface area contributed by atoms with E-state index in [1.54, 1.807) is 48.5 Å². The van der Waals surface area contributed by atoms with Crippen molar-refractivity contribution < 1.29 is 38.7 Å². The van der Waals surface area contributed by atoms with E-state index in [-0.39, 0.29) is 50.8 Å². The molecule has 0 aliphatic heterocycles. The number of esters is 2. The van der Waals surface area contributed by atoms with Crippen LogP contribution in [0.15, 0.2) is 48.5 Å². The fourth-order valence-corrected chi connectivity index (χ4v) is 2.73. The third-order valence-electron chi connectivity index (χ3n) is 4.52. The Morgan fingerprint density at radius 3 is 1.52 bits per heavy atom. The second-order valence-corrected chi connectivity index (χ2v) is 8.16. The summed E-state index contributed by atoms with van der Waals surface area (Å²) in [6.45, 7) is 4.26. The zero-order valence-corrected chi connectivity index (χ0v) is 19.1. The molecule has 0 saturated heterocycles. The zero-order valence-electron chi connectivity index (χ0n) is 19.1. The van der Waals surface area contributed by atoms with Crippen molar-refractivity contribution in [2.45, 2.75) is 26.7 Å². The molecule has 0 unspecified atom stereocenters.